The van der Waals surface area contributed by atoms with Crippen molar-refractivity contribution >= 4 is 0 Å². The average Bonchev–Trinajstić information content (AvgIpc) is 1.86. The Morgan fingerprint density at radius 3 is 2.57 bits per heavy atom. The van der Waals surface area contributed by atoms with Crippen molar-refractivity contribution in [1.29, 1.82) is 0 Å². The molecule has 0 saturated heterocycles. The van der Waals surface area contributed by atoms with Gasteiger partial charge in [-0.3, -0.25) is 0 Å². The Balaban J connectivity index is 0.000000360. The molecule has 0 aliphatic rings. The molecule has 4 heteroatoms. The molecule has 1 heterocycles. The van der Waals surface area contributed by atoms with Crippen LogP contribution in [0.15, 0.2) is 4.52 Å². The summed E-state index contributed by atoms with van der Waals surface area (Å²) in [5.74, 6) is 0.551. The van der Waals surface area contributed by atoms with Gasteiger partial charge in [0.25, 0.3) is 0 Å². The summed E-state index contributed by atoms with van der Waals surface area (Å²) < 4.78 is 4.42. The van der Waals surface area contributed by atoms with Gasteiger partial charge in [0, 0.05) is 19.5 Å². The van der Waals surface area contributed by atoms with Gasteiger partial charge in [0.15, 0.2) is 0 Å². The van der Waals surface area contributed by atoms with Gasteiger partial charge in [-0.25, -0.2) is 0 Å². The zero-order valence-corrected chi connectivity index (χ0v) is 5.27. The van der Waals surface area contributed by atoms with Crippen molar-refractivity contribution < 1.29 is 24.0 Å². The van der Waals surface area contributed by atoms with Crippen LogP contribution in [0.25, 0.3) is 0 Å². The summed E-state index contributed by atoms with van der Waals surface area (Å²) in [6, 6.07) is 0. The molecule has 0 atom stereocenters. The Morgan fingerprint density at radius 1 is 1.71 bits per heavy atom. The molecule has 0 aliphatic carbocycles. The zero-order valence-electron chi connectivity index (χ0n) is 3.64. The molecule has 0 fully saturated rings. The number of hydrogen-bond donors (Lipinski definition) is 0. The van der Waals surface area contributed by atoms with E-state index in [0.717, 1.165) is 0 Å². The van der Waals surface area contributed by atoms with Gasteiger partial charge in [0.05, 0.1) is 5.89 Å². The molecule has 7 heavy (non-hydrogen) atoms. The molecule has 0 amide bonds. The second kappa shape index (κ2) is 2.86. The molecule has 0 spiro atoms. The molecule has 1 aromatic heterocycles. The maximum Gasteiger partial charge on any atom is 0.0645 e. The number of aromatic nitrogens is 2. The standard InChI is InChI=1S/C3H3N2O.Rh/c1-3-4-2-5-6-3;/h1H3;/q-1;. The number of nitrogens with zero attached hydrogens (tertiary/aromatic N) is 2. The van der Waals surface area contributed by atoms with E-state index in [4.69, 9.17) is 0 Å². The summed E-state index contributed by atoms with van der Waals surface area (Å²) in [5, 5.41) is 3.21. The Bertz CT molecular complexity index is 116. The maximum absolute atomic E-state index is 4.42. The van der Waals surface area contributed by atoms with E-state index in [0.29, 0.717) is 5.89 Å². The maximum atomic E-state index is 4.42. The molecule has 3 nitrogen and oxygen atoms in total. The van der Waals surface area contributed by atoms with Crippen LogP contribution in [0.3, 0.4) is 0 Å². The first-order valence-corrected chi connectivity index (χ1v) is 1.56. The van der Waals surface area contributed by atoms with Gasteiger partial charge in [0.1, 0.15) is 0 Å². The minimum absolute atomic E-state index is 0. The Kier molecular flexibility index (Phi) is 2.76. The van der Waals surface area contributed by atoms with Crippen LogP contribution in [0, 0.1) is 13.3 Å². The van der Waals surface area contributed by atoms with Gasteiger partial charge < -0.3 is 9.51 Å². The van der Waals surface area contributed by atoms with Gasteiger partial charge in [-0.2, -0.15) is 5.16 Å². The molecular weight excluding hydrogens is 183 g/mol. The van der Waals surface area contributed by atoms with Crippen LogP contribution in [0.2, 0.25) is 0 Å². The van der Waals surface area contributed by atoms with Crippen molar-refractivity contribution in [1.82, 2.24) is 10.1 Å². The van der Waals surface area contributed by atoms with Gasteiger partial charge in [0.2, 0.25) is 0 Å². The molecule has 0 N–H and O–H groups in total. The van der Waals surface area contributed by atoms with Gasteiger partial charge >= 0.3 is 0 Å². The normalized spacial score (nSPS) is 7.57. The van der Waals surface area contributed by atoms with Crippen LogP contribution in [-0.4, -0.2) is 10.1 Å². The van der Waals surface area contributed by atoms with Crippen molar-refractivity contribution in [3.05, 3.63) is 12.2 Å². The molecule has 0 aliphatic heterocycles. The van der Waals surface area contributed by atoms with Crippen molar-refractivity contribution in [2.45, 2.75) is 6.92 Å². The second-order valence-corrected chi connectivity index (χ2v) is 0.913. The molecule has 0 aromatic carbocycles. The Morgan fingerprint density at radius 2 is 2.43 bits per heavy atom. The van der Waals surface area contributed by atoms with Crippen molar-refractivity contribution in [2.75, 3.05) is 0 Å². The second-order valence-electron chi connectivity index (χ2n) is 0.913. The third-order valence-electron chi connectivity index (χ3n) is 0.426. The van der Waals surface area contributed by atoms with Gasteiger partial charge in [-0.15, -0.1) is 0 Å². The fourth-order valence-corrected chi connectivity index (χ4v) is 0.198. The van der Waals surface area contributed by atoms with E-state index in [-0.39, 0.29) is 19.5 Å². The van der Waals surface area contributed by atoms with E-state index in [2.05, 4.69) is 21.0 Å². The molecule has 0 unspecified atom stereocenters. The molecule has 1 rings (SSSR count). The first kappa shape index (κ1) is 6.76. The van der Waals surface area contributed by atoms with Crippen LogP contribution in [0.5, 0.6) is 0 Å². The SMILES string of the molecule is Cc1n[c-]no1.[Rh]. The predicted octanol–water partition coefficient (Wildman–Crippen LogP) is 0.176. The smallest absolute Gasteiger partial charge is 0.0645 e. The van der Waals surface area contributed by atoms with Crippen LogP contribution in [-0.2, 0) is 19.5 Å². The zero-order chi connectivity index (χ0) is 4.41. The monoisotopic (exact) mass is 186 g/mol. The van der Waals surface area contributed by atoms with E-state index < -0.39 is 0 Å². The third-order valence-corrected chi connectivity index (χ3v) is 0.426. The topological polar surface area (TPSA) is 38.9 Å². The van der Waals surface area contributed by atoms with Crippen LogP contribution < -0.4 is 0 Å². The molecule has 1 aromatic rings. The van der Waals surface area contributed by atoms with Crippen LogP contribution >= 0.6 is 0 Å². The Labute approximate surface area is 53.9 Å². The van der Waals surface area contributed by atoms with Crippen LogP contribution in [0.1, 0.15) is 5.89 Å². The largest absolute Gasteiger partial charge is 0.450 e. The Hall–Kier alpha value is -0.237. The molecule has 0 saturated carbocycles. The number of rotatable bonds is 0. The summed E-state index contributed by atoms with van der Waals surface area (Å²) >= 11 is 0. The summed E-state index contributed by atoms with van der Waals surface area (Å²) in [7, 11) is 0. The number of aryl methyl sites for hydroxylation is 1. The number of hydrogen-bond acceptors (Lipinski definition) is 3. The van der Waals surface area contributed by atoms with Gasteiger partial charge in [-0.05, 0) is 6.33 Å². The predicted molar refractivity (Wildman–Crippen MR) is 17.9 cm³/mol. The first-order chi connectivity index (χ1) is 2.89. The third kappa shape index (κ3) is 1.78. The first-order valence-electron chi connectivity index (χ1n) is 1.56. The fourth-order valence-electron chi connectivity index (χ4n) is 0.198. The van der Waals surface area contributed by atoms with E-state index >= 15 is 0 Å². The van der Waals surface area contributed by atoms with Crippen LogP contribution in [0.4, 0.5) is 0 Å². The van der Waals surface area contributed by atoms with Crippen molar-refractivity contribution in [3.63, 3.8) is 0 Å². The minimum Gasteiger partial charge on any atom is -0.450 e. The molecule has 1 radical (unpaired) electrons. The molecular formula is C3H3N2ORh-. The summed E-state index contributed by atoms with van der Waals surface area (Å²) in [6.07, 6.45) is 2.26. The average molecular weight is 186 g/mol. The fraction of sp³-hybridized carbons (Fsp3) is 0.333. The molecule has 41 valence electrons. The summed E-state index contributed by atoms with van der Waals surface area (Å²) in [4.78, 5) is 3.51. The molecule has 0 bridgehead atoms. The summed E-state index contributed by atoms with van der Waals surface area (Å²) in [6.45, 7) is 1.71. The van der Waals surface area contributed by atoms with E-state index in [1.165, 1.54) is 0 Å². The van der Waals surface area contributed by atoms with E-state index in [1.54, 1.807) is 6.92 Å². The van der Waals surface area contributed by atoms with Crippen molar-refractivity contribution in [3.8, 4) is 0 Å². The van der Waals surface area contributed by atoms with E-state index in [1.807, 2.05) is 0 Å². The van der Waals surface area contributed by atoms with Gasteiger partial charge in [-0.1, -0.05) is 6.92 Å². The van der Waals surface area contributed by atoms with Crippen molar-refractivity contribution in [2.24, 2.45) is 0 Å². The summed E-state index contributed by atoms with van der Waals surface area (Å²) in [5.41, 5.74) is 0. The van der Waals surface area contributed by atoms with E-state index in [9.17, 15) is 0 Å². The minimum atomic E-state index is 0. The quantitative estimate of drug-likeness (QED) is 0.428.